The maximum Gasteiger partial charge on any atom is 0.307 e. The molecule has 2 N–H and O–H groups in total. The van der Waals surface area contributed by atoms with Crippen LogP contribution in [0.15, 0.2) is 30.4 Å². The summed E-state index contributed by atoms with van der Waals surface area (Å²) in [5.41, 5.74) is -0.746. The van der Waals surface area contributed by atoms with Crippen LogP contribution in [0.5, 0.6) is 11.5 Å². The van der Waals surface area contributed by atoms with Crippen LogP contribution in [-0.4, -0.2) is 120 Å². The van der Waals surface area contributed by atoms with E-state index >= 15 is 0 Å². The van der Waals surface area contributed by atoms with Crippen LogP contribution in [0.1, 0.15) is 116 Å². The molecule has 6 aliphatic rings. The average Bonchev–Trinajstić information content (AvgIpc) is 4.12. The first-order chi connectivity index (χ1) is 29.9. The van der Waals surface area contributed by atoms with Crippen LogP contribution in [0, 0.1) is 18.8 Å². The van der Waals surface area contributed by atoms with Gasteiger partial charge in [-0.2, -0.15) is 0 Å². The van der Waals surface area contributed by atoms with Crippen molar-refractivity contribution in [3.05, 3.63) is 41.6 Å². The summed E-state index contributed by atoms with van der Waals surface area (Å²) in [6, 6.07) is 4.86. The van der Waals surface area contributed by atoms with Crippen molar-refractivity contribution in [1.29, 1.82) is 0 Å². The second kappa shape index (κ2) is 17.6. The number of allylic oxidation sites excluding steroid dienone is 1. The fourth-order valence-corrected chi connectivity index (χ4v) is 11.1. The van der Waals surface area contributed by atoms with Crippen molar-refractivity contribution in [2.45, 2.75) is 146 Å². The van der Waals surface area contributed by atoms with E-state index in [2.05, 4.69) is 14.9 Å². The lowest BCUT2D eigenvalue weighted by Gasteiger charge is -2.36. The number of nitrogens with zero attached hydrogens (tertiary/aromatic N) is 3. The Morgan fingerprint density at radius 3 is 2.59 bits per heavy atom. The molecule has 5 heterocycles. The Morgan fingerprint density at radius 2 is 1.84 bits per heavy atom. The molecule has 0 unspecified atom stereocenters. The van der Waals surface area contributed by atoms with Gasteiger partial charge in [0.15, 0.2) is 0 Å². The number of hydrogen-bond donors (Lipinski definition) is 2. The Labute approximate surface area is 371 Å². The second-order valence-electron chi connectivity index (χ2n) is 20.0. The number of aryl methyl sites for hydroxylation is 2. The van der Waals surface area contributed by atoms with E-state index in [-0.39, 0.29) is 31.7 Å². The molecule has 16 heteroatoms. The number of rotatable bonds is 10. The molecular formula is C47H65N5O10S. The number of hydrogen-bond acceptors (Lipinski definition) is 12. The molecule has 4 aliphatic heterocycles. The summed E-state index contributed by atoms with van der Waals surface area (Å²) in [5, 5.41) is 3.91. The number of ether oxygens (including phenoxy) is 4. The highest BCUT2D eigenvalue weighted by Crippen LogP contribution is 2.49. The average molecular weight is 892 g/mol. The third-order valence-electron chi connectivity index (χ3n) is 13.9. The van der Waals surface area contributed by atoms with Crippen molar-refractivity contribution in [3.63, 3.8) is 0 Å². The molecule has 0 bridgehead atoms. The van der Waals surface area contributed by atoms with E-state index in [4.69, 9.17) is 23.9 Å². The number of nitrogens with one attached hydrogen (secondary N) is 2. The molecule has 2 saturated carbocycles. The summed E-state index contributed by atoms with van der Waals surface area (Å²) < 4.78 is 52.3. The van der Waals surface area contributed by atoms with Crippen LogP contribution < -0.4 is 19.5 Å². The zero-order valence-electron chi connectivity index (χ0n) is 37.6. The Morgan fingerprint density at radius 1 is 1.06 bits per heavy atom. The fourth-order valence-electron chi connectivity index (χ4n) is 9.78. The van der Waals surface area contributed by atoms with Crippen molar-refractivity contribution in [3.8, 4) is 11.5 Å². The van der Waals surface area contributed by atoms with Gasteiger partial charge in [-0.1, -0.05) is 25.0 Å². The normalized spacial score (nSPS) is 29.2. The minimum Gasteiger partial charge on any atom is -0.494 e. The summed E-state index contributed by atoms with van der Waals surface area (Å²) in [6.07, 6.45) is 10.4. The van der Waals surface area contributed by atoms with Gasteiger partial charge in [0, 0.05) is 48.8 Å². The molecule has 4 fully saturated rings. The van der Waals surface area contributed by atoms with Crippen LogP contribution in [0.2, 0.25) is 0 Å². The number of carbonyl (C=O) groups is 4. The Kier molecular flexibility index (Phi) is 12.7. The monoisotopic (exact) mass is 891 g/mol. The second-order valence-corrected chi connectivity index (χ2v) is 22.2. The molecule has 0 radical (unpaired) electrons. The van der Waals surface area contributed by atoms with E-state index in [9.17, 15) is 27.6 Å². The van der Waals surface area contributed by atoms with E-state index in [1.165, 1.54) is 0 Å². The molecule has 2 aliphatic carbocycles. The summed E-state index contributed by atoms with van der Waals surface area (Å²) in [6.45, 7) is 13.8. The van der Waals surface area contributed by atoms with Crippen molar-refractivity contribution in [1.82, 2.24) is 24.8 Å². The van der Waals surface area contributed by atoms with Gasteiger partial charge in [0.2, 0.25) is 21.8 Å². The van der Waals surface area contributed by atoms with Crippen LogP contribution in [0.25, 0.3) is 10.9 Å². The summed E-state index contributed by atoms with van der Waals surface area (Å²) >= 11 is 0. The number of benzene rings is 1. The topological polar surface area (TPSA) is 183 Å². The smallest absolute Gasteiger partial charge is 0.307 e. The molecular weight excluding hydrogens is 827 g/mol. The summed E-state index contributed by atoms with van der Waals surface area (Å²) in [4.78, 5) is 66.0. The molecule has 2 aromatic rings. The van der Waals surface area contributed by atoms with Crippen LogP contribution in [-0.2, 0) is 45.1 Å². The quantitative estimate of drug-likeness (QED) is 0.184. The third-order valence-corrected chi connectivity index (χ3v) is 16.0. The number of fused-ring (bicyclic) bond motifs is 5. The predicted molar refractivity (Wildman–Crippen MR) is 236 cm³/mol. The molecule has 2 saturated heterocycles. The number of morpholine rings is 1. The molecule has 8 rings (SSSR count). The molecule has 1 spiro atoms. The number of amides is 3. The fraction of sp³-hybridized carbons (Fsp3) is 0.681. The molecule has 344 valence electrons. The van der Waals surface area contributed by atoms with Gasteiger partial charge in [0.1, 0.15) is 34.3 Å². The van der Waals surface area contributed by atoms with Crippen molar-refractivity contribution in [2.24, 2.45) is 11.8 Å². The van der Waals surface area contributed by atoms with E-state index in [1.807, 2.05) is 37.3 Å². The Balaban J connectivity index is 1.07. The summed E-state index contributed by atoms with van der Waals surface area (Å²) in [7, 11) is -3.99. The van der Waals surface area contributed by atoms with Gasteiger partial charge in [-0.05, 0) is 111 Å². The van der Waals surface area contributed by atoms with E-state index in [1.54, 1.807) is 32.6 Å². The lowest BCUT2D eigenvalue weighted by molar-refractivity contribution is -0.159. The lowest BCUT2D eigenvalue weighted by atomic mass is 9.87. The zero-order valence-corrected chi connectivity index (χ0v) is 38.4. The van der Waals surface area contributed by atoms with Gasteiger partial charge in [0.25, 0.3) is 5.91 Å². The minimum absolute atomic E-state index is 0.0766. The largest absolute Gasteiger partial charge is 0.494 e. The van der Waals surface area contributed by atoms with Crippen molar-refractivity contribution >= 4 is 44.6 Å². The first kappa shape index (κ1) is 45.3. The van der Waals surface area contributed by atoms with E-state index in [0.29, 0.717) is 63.0 Å². The first-order valence-corrected chi connectivity index (χ1v) is 24.5. The third kappa shape index (κ3) is 9.87. The molecule has 3 amide bonds. The van der Waals surface area contributed by atoms with Gasteiger partial charge in [-0.15, -0.1) is 0 Å². The Bertz CT molecular complexity index is 2250. The predicted octanol–water partition coefficient (Wildman–Crippen LogP) is 5.05. The van der Waals surface area contributed by atoms with Crippen LogP contribution >= 0.6 is 0 Å². The van der Waals surface area contributed by atoms with Gasteiger partial charge >= 0.3 is 5.97 Å². The zero-order chi connectivity index (χ0) is 44.8. The van der Waals surface area contributed by atoms with Crippen molar-refractivity contribution < 1.29 is 46.5 Å². The minimum atomic E-state index is -3.99. The molecule has 1 aromatic carbocycles. The van der Waals surface area contributed by atoms with Gasteiger partial charge in [-0.25, -0.2) is 13.4 Å². The lowest BCUT2D eigenvalue weighted by Crippen LogP contribution is -2.57. The molecule has 15 nitrogen and oxygen atoms in total. The maximum atomic E-state index is 14.9. The summed E-state index contributed by atoms with van der Waals surface area (Å²) in [5.74, 6) is -1.99. The number of pyridine rings is 1. The number of carbonyl (C=O) groups excluding carboxylic acids is 4. The van der Waals surface area contributed by atoms with Gasteiger partial charge in [0.05, 0.1) is 48.7 Å². The van der Waals surface area contributed by atoms with Gasteiger partial charge < -0.3 is 29.2 Å². The Hall–Kier alpha value is -4.28. The highest BCUT2D eigenvalue weighted by Gasteiger charge is 2.64. The standard InChI is InChI=1S/C47H65N5O10S/c1-31-40-35(36-27-34(14-15-37(36)48-31)60-23-11-20-51-21-24-59-25-22-51)16-17-46(62-40)29-38-41(54)49-47(43(56)50-63(57,58)45(5)18-19-45)28-33(47)13-10-8-6-7-9-12-32(42(55)52(38)30-46)26-39(53)61-44(2,3)4/h10,13-15,27,32-33,38H,6-9,11-12,16-26,28-30H2,1-5H3,(H,49,54)(H,50,56)/b13-10-/t32-,33-,38+,46-,47-/m1/s1. The maximum absolute atomic E-state index is 14.9. The first-order valence-electron chi connectivity index (χ1n) is 23.0. The van der Waals surface area contributed by atoms with E-state index in [0.717, 1.165) is 74.3 Å². The van der Waals surface area contributed by atoms with Crippen molar-refractivity contribution in [2.75, 3.05) is 46.0 Å². The molecule has 63 heavy (non-hydrogen) atoms. The highest BCUT2D eigenvalue weighted by molar-refractivity contribution is 7.91. The number of aromatic nitrogens is 1. The van der Waals surface area contributed by atoms with Crippen LogP contribution in [0.3, 0.4) is 0 Å². The number of sulfonamides is 1. The molecule has 1 aromatic heterocycles. The van der Waals surface area contributed by atoms with Crippen LogP contribution in [0.4, 0.5) is 0 Å². The highest BCUT2D eigenvalue weighted by atomic mass is 32.2. The van der Waals surface area contributed by atoms with E-state index < -0.39 is 67.2 Å². The number of esters is 1. The van der Waals surface area contributed by atoms with Gasteiger partial charge in [-0.3, -0.25) is 28.8 Å². The SMILES string of the molecule is Cc1nc2ccc(OCCCN3CCOCC3)cc2c2c1O[C@]1(CC2)C[C@H]2C(=O)N[C@]3(C(=O)NS(=O)(=O)C4(C)CC4)C[C@H]3/C=C\CCCCC[C@H](CC(=O)OC(C)(C)C)C(=O)N2C1. The molecule has 5 atom stereocenters.